The minimum Gasteiger partial charge on any atom is -0.468 e. The lowest BCUT2D eigenvalue weighted by molar-refractivity contribution is -0.141. The minimum atomic E-state index is -0.366. The summed E-state index contributed by atoms with van der Waals surface area (Å²) in [4.78, 5) is 25.7. The third-order valence-electron chi connectivity index (χ3n) is 3.37. The van der Waals surface area contributed by atoms with Gasteiger partial charge in [0, 0.05) is 11.4 Å². The molecule has 0 radical (unpaired) electrons. The highest BCUT2D eigenvalue weighted by molar-refractivity contribution is 9.11. The second-order valence-corrected chi connectivity index (χ2v) is 6.88. The number of ether oxygens (including phenoxy) is 1. The van der Waals surface area contributed by atoms with Crippen molar-refractivity contribution < 1.29 is 14.3 Å². The highest BCUT2D eigenvalue weighted by Gasteiger charge is 2.29. The van der Waals surface area contributed by atoms with E-state index in [2.05, 4.69) is 15.9 Å². The van der Waals surface area contributed by atoms with Gasteiger partial charge in [-0.25, -0.2) is 0 Å². The van der Waals surface area contributed by atoms with Gasteiger partial charge in [-0.3, -0.25) is 9.59 Å². The molecule has 1 saturated carbocycles. The van der Waals surface area contributed by atoms with E-state index in [0.29, 0.717) is 5.56 Å². The van der Waals surface area contributed by atoms with Gasteiger partial charge in [0.05, 0.1) is 16.5 Å². The fourth-order valence-corrected chi connectivity index (χ4v) is 3.50. The third-order valence-corrected chi connectivity index (χ3v) is 4.87. The lowest BCUT2D eigenvalue weighted by Crippen LogP contribution is -2.42. The Balaban J connectivity index is 2.15. The van der Waals surface area contributed by atoms with E-state index >= 15 is 0 Å². The van der Waals surface area contributed by atoms with Crippen molar-refractivity contribution in [1.82, 2.24) is 4.90 Å². The first-order valence-corrected chi connectivity index (χ1v) is 7.91. The number of esters is 1. The van der Waals surface area contributed by atoms with E-state index < -0.39 is 0 Å². The van der Waals surface area contributed by atoms with Gasteiger partial charge >= 0.3 is 5.97 Å². The van der Waals surface area contributed by atoms with Crippen molar-refractivity contribution in [1.29, 1.82) is 0 Å². The first kappa shape index (κ1) is 14.5. The summed E-state index contributed by atoms with van der Waals surface area (Å²) in [5.41, 5.74) is 0.632. The second-order valence-electron chi connectivity index (χ2n) is 4.59. The van der Waals surface area contributed by atoms with Crippen molar-refractivity contribution in [2.75, 3.05) is 13.7 Å². The van der Waals surface area contributed by atoms with Crippen molar-refractivity contribution in [2.24, 2.45) is 0 Å². The number of carbonyl (C=O) groups excluding carboxylic acids is 2. The molecule has 19 heavy (non-hydrogen) atoms. The first-order valence-electron chi connectivity index (χ1n) is 6.23. The van der Waals surface area contributed by atoms with Gasteiger partial charge in [0.15, 0.2) is 0 Å². The van der Waals surface area contributed by atoms with Crippen molar-refractivity contribution in [3.63, 3.8) is 0 Å². The van der Waals surface area contributed by atoms with Gasteiger partial charge < -0.3 is 9.64 Å². The summed E-state index contributed by atoms with van der Waals surface area (Å²) in [6.45, 7) is 0.0352. The molecule has 4 nitrogen and oxygen atoms in total. The zero-order chi connectivity index (χ0) is 13.8. The monoisotopic (exact) mass is 345 g/mol. The van der Waals surface area contributed by atoms with Crippen LogP contribution in [0.1, 0.15) is 36.0 Å². The molecule has 1 aromatic rings. The quantitative estimate of drug-likeness (QED) is 0.788. The number of nitrogens with zero attached hydrogens (tertiary/aromatic N) is 1. The van der Waals surface area contributed by atoms with Gasteiger partial charge in [-0.2, -0.15) is 0 Å². The van der Waals surface area contributed by atoms with Crippen LogP contribution in [-0.4, -0.2) is 36.5 Å². The van der Waals surface area contributed by atoms with Crippen molar-refractivity contribution in [2.45, 2.75) is 31.7 Å². The predicted octanol–water partition coefficient (Wildman–Crippen LogP) is 3.07. The molecule has 0 bridgehead atoms. The number of hydrogen-bond acceptors (Lipinski definition) is 4. The van der Waals surface area contributed by atoms with Gasteiger partial charge in [-0.05, 0) is 34.8 Å². The Kier molecular flexibility index (Phi) is 4.99. The number of methoxy groups -OCH3 is 1. The number of hydrogen-bond donors (Lipinski definition) is 0. The van der Waals surface area contributed by atoms with Crippen LogP contribution in [0.4, 0.5) is 0 Å². The molecule has 0 atom stereocenters. The number of rotatable bonds is 4. The summed E-state index contributed by atoms with van der Waals surface area (Å²) in [5.74, 6) is -0.450. The molecule has 1 aromatic heterocycles. The Bertz CT molecular complexity index is 468. The van der Waals surface area contributed by atoms with E-state index in [1.807, 2.05) is 5.38 Å². The van der Waals surface area contributed by atoms with Crippen LogP contribution >= 0.6 is 27.3 Å². The summed E-state index contributed by atoms with van der Waals surface area (Å²) in [5, 5.41) is 1.81. The van der Waals surface area contributed by atoms with E-state index in [1.54, 1.807) is 11.0 Å². The normalized spacial score (nSPS) is 15.5. The lowest BCUT2D eigenvalue weighted by Gasteiger charge is -2.27. The molecule has 104 valence electrons. The van der Waals surface area contributed by atoms with Gasteiger partial charge in [-0.15, -0.1) is 11.3 Å². The van der Waals surface area contributed by atoms with Crippen molar-refractivity contribution in [3.05, 3.63) is 20.8 Å². The highest BCUT2D eigenvalue weighted by Crippen LogP contribution is 2.27. The smallest absolute Gasteiger partial charge is 0.325 e. The predicted molar refractivity (Wildman–Crippen MR) is 77.3 cm³/mol. The third kappa shape index (κ3) is 3.57. The topological polar surface area (TPSA) is 46.6 Å². The number of carbonyl (C=O) groups is 2. The van der Waals surface area contributed by atoms with Crippen LogP contribution in [0.2, 0.25) is 0 Å². The fraction of sp³-hybridized carbons (Fsp3) is 0.538. The van der Waals surface area contributed by atoms with E-state index in [9.17, 15) is 9.59 Å². The van der Waals surface area contributed by atoms with Gasteiger partial charge in [0.1, 0.15) is 6.54 Å². The molecular formula is C13H16BrNO3S. The molecule has 0 spiro atoms. The molecule has 0 aromatic carbocycles. The zero-order valence-corrected chi connectivity index (χ0v) is 13.1. The molecule has 1 fully saturated rings. The van der Waals surface area contributed by atoms with Crippen molar-refractivity contribution in [3.8, 4) is 0 Å². The van der Waals surface area contributed by atoms with Crippen LogP contribution in [-0.2, 0) is 9.53 Å². The standard InChI is InChI=1S/C13H16BrNO3S/c1-18-12(16)7-15(10-4-2-3-5-10)13(17)9-6-11(14)19-8-9/h6,8,10H,2-5,7H2,1H3. The summed E-state index contributed by atoms with van der Waals surface area (Å²) in [6, 6.07) is 1.96. The summed E-state index contributed by atoms with van der Waals surface area (Å²) >= 11 is 4.82. The Morgan fingerprint density at radius 3 is 2.68 bits per heavy atom. The molecule has 0 aliphatic heterocycles. The Morgan fingerprint density at radius 1 is 1.47 bits per heavy atom. The molecule has 0 saturated heterocycles. The lowest BCUT2D eigenvalue weighted by atomic mass is 10.1. The van der Waals surface area contributed by atoms with E-state index in [1.165, 1.54) is 18.4 Å². The summed E-state index contributed by atoms with van der Waals surface area (Å²) < 4.78 is 5.61. The van der Waals surface area contributed by atoms with E-state index in [4.69, 9.17) is 4.74 Å². The van der Waals surface area contributed by atoms with Crippen LogP contribution in [0.15, 0.2) is 15.2 Å². The number of thiophene rings is 1. The van der Waals surface area contributed by atoms with Crippen molar-refractivity contribution >= 4 is 39.1 Å². The molecular weight excluding hydrogens is 330 g/mol. The minimum absolute atomic E-state index is 0.0352. The molecule has 2 rings (SSSR count). The average molecular weight is 346 g/mol. The second kappa shape index (κ2) is 6.52. The van der Waals surface area contributed by atoms with Crippen LogP contribution < -0.4 is 0 Å². The summed E-state index contributed by atoms with van der Waals surface area (Å²) in [7, 11) is 1.35. The average Bonchev–Trinajstić information content (AvgIpc) is 3.05. The highest BCUT2D eigenvalue weighted by atomic mass is 79.9. The van der Waals surface area contributed by atoms with Crippen LogP contribution in [0.3, 0.4) is 0 Å². The summed E-state index contributed by atoms with van der Waals surface area (Å²) in [6.07, 6.45) is 4.16. The van der Waals surface area contributed by atoms with Crippen LogP contribution in [0, 0.1) is 0 Å². The van der Waals surface area contributed by atoms with Crippen LogP contribution in [0.5, 0.6) is 0 Å². The number of amides is 1. The van der Waals surface area contributed by atoms with Gasteiger partial charge in [-0.1, -0.05) is 12.8 Å². The first-order chi connectivity index (χ1) is 9.11. The Morgan fingerprint density at radius 2 is 2.16 bits per heavy atom. The Hall–Kier alpha value is -0.880. The van der Waals surface area contributed by atoms with E-state index in [0.717, 1.165) is 29.5 Å². The fourth-order valence-electron chi connectivity index (χ4n) is 2.37. The Labute approximate surface area is 124 Å². The van der Waals surface area contributed by atoms with E-state index in [-0.39, 0.29) is 24.5 Å². The maximum absolute atomic E-state index is 12.5. The molecule has 0 N–H and O–H groups in total. The zero-order valence-electron chi connectivity index (χ0n) is 10.7. The van der Waals surface area contributed by atoms with Gasteiger partial charge in [0.25, 0.3) is 5.91 Å². The molecule has 6 heteroatoms. The molecule has 0 unspecified atom stereocenters. The maximum Gasteiger partial charge on any atom is 0.325 e. The maximum atomic E-state index is 12.5. The SMILES string of the molecule is COC(=O)CN(C(=O)c1csc(Br)c1)C1CCCC1. The van der Waals surface area contributed by atoms with Gasteiger partial charge in [0.2, 0.25) is 0 Å². The molecule has 1 aliphatic carbocycles. The van der Waals surface area contributed by atoms with Crippen LogP contribution in [0.25, 0.3) is 0 Å². The molecule has 1 aliphatic rings. The largest absolute Gasteiger partial charge is 0.468 e. The number of halogens is 1. The molecule has 1 heterocycles. The molecule has 1 amide bonds.